The van der Waals surface area contributed by atoms with Gasteiger partial charge in [-0.15, -0.1) is 0 Å². The third kappa shape index (κ3) is 4.21. The van der Waals surface area contributed by atoms with E-state index in [9.17, 15) is 0 Å². The molecule has 0 spiro atoms. The summed E-state index contributed by atoms with van der Waals surface area (Å²) in [5.74, 6) is 2.56. The van der Waals surface area contributed by atoms with Crippen LogP contribution in [0.15, 0.2) is 0 Å². The van der Waals surface area contributed by atoms with Gasteiger partial charge in [0, 0.05) is 33.7 Å². The Morgan fingerprint density at radius 1 is 1.00 bits per heavy atom. The van der Waals surface area contributed by atoms with Gasteiger partial charge in [-0.25, -0.2) is 0 Å². The smallest absolute Gasteiger partial charge is 0.231 e. The largest absolute Gasteiger partial charge is 0.354 e. The molecule has 1 N–H and O–H groups in total. The summed E-state index contributed by atoms with van der Waals surface area (Å²) in [6.45, 7) is 9.56. The molecule has 1 rings (SSSR count). The predicted molar refractivity (Wildman–Crippen MR) is 85.6 cm³/mol. The first-order valence-corrected chi connectivity index (χ1v) is 7.26. The van der Waals surface area contributed by atoms with E-state index in [4.69, 9.17) is 0 Å². The van der Waals surface area contributed by atoms with E-state index in [1.807, 2.05) is 26.0 Å². The summed E-state index contributed by atoms with van der Waals surface area (Å²) in [5, 5.41) is 3.24. The maximum atomic E-state index is 4.53. The molecular weight excluding hydrogens is 252 g/mol. The molecule has 0 aromatic carbocycles. The van der Waals surface area contributed by atoms with E-state index in [0.717, 1.165) is 13.0 Å². The highest BCUT2D eigenvalue weighted by atomic mass is 15.3. The average Bonchev–Trinajstić information content (AvgIpc) is 2.42. The van der Waals surface area contributed by atoms with Crippen molar-refractivity contribution in [2.45, 2.75) is 40.2 Å². The Kier molecular flexibility index (Phi) is 5.98. The number of rotatable bonds is 7. The second-order valence-electron chi connectivity index (χ2n) is 5.68. The second kappa shape index (κ2) is 7.26. The average molecular weight is 280 g/mol. The highest BCUT2D eigenvalue weighted by Crippen LogP contribution is 2.18. The van der Waals surface area contributed by atoms with E-state index in [1.165, 1.54) is 0 Å². The fraction of sp³-hybridized carbons (Fsp3) is 0.786. The monoisotopic (exact) mass is 280 g/mol. The van der Waals surface area contributed by atoms with Crippen molar-refractivity contribution in [3.05, 3.63) is 0 Å². The van der Waals surface area contributed by atoms with Crippen molar-refractivity contribution < 1.29 is 0 Å². The fourth-order valence-electron chi connectivity index (χ4n) is 1.66. The summed E-state index contributed by atoms with van der Waals surface area (Å²) in [6, 6.07) is 0.367. The lowest BCUT2D eigenvalue weighted by Crippen LogP contribution is -2.35. The minimum atomic E-state index is 0.367. The quantitative estimate of drug-likeness (QED) is 0.826. The molecule has 114 valence electrons. The first-order valence-electron chi connectivity index (χ1n) is 7.26. The Labute approximate surface area is 122 Å². The number of anilines is 3. The molecule has 20 heavy (non-hydrogen) atoms. The molecule has 0 aliphatic rings. The van der Waals surface area contributed by atoms with E-state index < -0.39 is 0 Å². The number of nitrogens with one attached hydrogen (secondary N) is 1. The van der Waals surface area contributed by atoms with Gasteiger partial charge in [0.05, 0.1) is 0 Å². The summed E-state index contributed by atoms with van der Waals surface area (Å²) in [5.41, 5.74) is 0. The Morgan fingerprint density at radius 2 is 1.60 bits per heavy atom. The third-order valence-corrected chi connectivity index (χ3v) is 3.44. The summed E-state index contributed by atoms with van der Waals surface area (Å²) < 4.78 is 0. The van der Waals surface area contributed by atoms with Gasteiger partial charge >= 0.3 is 0 Å². The first kappa shape index (κ1) is 16.5. The summed E-state index contributed by atoms with van der Waals surface area (Å²) in [7, 11) is 5.91. The van der Waals surface area contributed by atoms with Gasteiger partial charge in [-0.2, -0.15) is 15.0 Å². The van der Waals surface area contributed by atoms with E-state index in [0.29, 0.717) is 29.8 Å². The highest BCUT2D eigenvalue weighted by Gasteiger charge is 2.18. The standard InChI is InChI=1S/C14H28N6/c1-8-9-15-12-16-13(19(5)6)18-14(17-12)20(7)11(4)10(2)3/h10-11H,8-9H2,1-7H3,(H,15,16,17,18). The second-order valence-corrected chi connectivity index (χ2v) is 5.68. The van der Waals surface area contributed by atoms with Crippen LogP contribution in [0.5, 0.6) is 0 Å². The van der Waals surface area contributed by atoms with Crippen molar-refractivity contribution in [3.63, 3.8) is 0 Å². The molecule has 1 heterocycles. The lowest BCUT2D eigenvalue weighted by atomic mass is 10.1. The van der Waals surface area contributed by atoms with Crippen LogP contribution in [-0.4, -0.2) is 48.7 Å². The number of hydrogen-bond acceptors (Lipinski definition) is 6. The van der Waals surface area contributed by atoms with Crippen LogP contribution < -0.4 is 15.1 Å². The zero-order chi connectivity index (χ0) is 15.3. The number of hydrogen-bond donors (Lipinski definition) is 1. The molecule has 0 bridgehead atoms. The molecule has 0 amide bonds. The Hall–Kier alpha value is -1.59. The minimum absolute atomic E-state index is 0.367. The van der Waals surface area contributed by atoms with Gasteiger partial charge in [-0.05, 0) is 19.3 Å². The van der Waals surface area contributed by atoms with E-state index in [1.54, 1.807) is 0 Å². The van der Waals surface area contributed by atoms with Gasteiger partial charge in [0.15, 0.2) is 0 Å². The van der Waals surface area contributed by atoms with Crippen LogP contribution in [0.1, 0.15) is 34.1 Å². The maximum absolute atomic E-state index is 4.53. The van der Waals surface area contributed by atoms with Crippen molar-refractivity contribution in [3.8, 4) is 0 Å². The van der Waals surface area contributed by atoms with Crippen LogP contribution in [-0.2, 0) is 0 Å². The van der Waals surface area contributed by atoms with Crippen molar-refractivity contribution >= 4 is 17.8 Å². The van der Waals surface area contributed by atoms with Crippen LogP contribution in [0.2, 0.25) is 0 Å². The molecule has 0 aliphatic heterocycles. The van der Waals surface area contributed by atoms with Gasteiger partial charge in [-0.1, -0.05) is 20.8 Å². The molecule has 0 saturated carbocycles. The Bertz CT molecular complexity index is 418. The minimum Gasteiger partial charge on any atom is -0.354 e. The van der Waals surface area contributed by atoms with E-state index >= 15 is 0 Å². The summed E-state index contributed by atoms with van der Waals surface area (Å²) in [6.07, 6.45) is 1.04. The fourth-order valence-corrected chi connectivity index (χ4v) is 1.66. The molecule has 0 fully saturated rings. The summed E-state index contributed by atoms with van der Waals surface area (Å²) in [4.78, 5) is 17.5. The lowest BCUT2D eigenvalue weighted by molar-refractivity contribution is 0.499. The molecule has 1 unspecified atom stereocenters. The molecule has 0 radical (unpaired) electrons. The zero-order valence-electron chi connectivity index (χ0n) is 13.8. The SMILES string of the molecule is CCCNc1nc(N(C)C)nc(N(C)C(C)C(C)C)n1. The predicted octanol–water partition coefficient (Wildman–Crippen LogP) is 2.24. The van der Waals surface area contributed by atoms with Gasteiger partial charge in [0.2, 0.25) is 17.8 Å². The van der Waals surface area contributed by atoms with E-state index in [-0.39, 0.29) is 0 Å². The topological polar surface area (TPSA) is 57.2 Å². The molecule has 6 heteroatoms. The lowest BCUT2D eigenvalue weighted by Gasteiger charge is -2.28. The van der Waals surface area contributed by atoms with Gasteiger partial charge < -0.3 is 15.1 Å². The van der Waals surface area contributed by atoms with Crippen molar-refractivity contribution in [2.24, 2.45) is 5.92 Å². The van der Waals surface area contributed by atoms with Crippen LogP contribution >= 0.6 is 0 Å². The normalized spacial score (nSPS) is 12.4. The zero-order valence-corrected chi connectivity index (χ0v) is 13.8. The Balaban J connectivity index is 3.07. The molecule has 1 atom stereocenters. The molecule has 0 saturated heterocycles. The summed E-state index contributed by atoms with van der Waals surface area (Å²) >= 11 is 0. The van der Waals surface area contributed by atoms with Gasteiger partial charge in [0.25, 0.3) is 0 Å². The van der Waals surface area contributed by atoms with Crippen LogP contribution in [0.3, 0.4) is 0 Å². The van der Waals surface area contributed by atoms with Crippen molar-refractivity contribution in [1.82, 2.24) is 15.0 Å². The molecule has 1 aromatic rings. The molecule has 0 aliphatic carbocycles. The van der Waals surface area contributed by atoms with Gasteiger partial charge in [0.1, 0.15) is 0 Å². The van der Waals surface area contributed by atoms with Crippen molar-refractivity contribution in [2.75, 3.05) is 42.8 Å². The van der Waals surface area contributed by atoms with Crippen LogP contribution in [0.25, 0.3) is 0 Å². The maximum Gasteiger partial charge on any atom is 0.231 e. The van der Waals surface area contributed by atoms with Crippen molar-refractivity contribution in [1.29, 1.82) is 0 Å². The Morgan fingerprint density at radius 3 is 2.10 bits per heavy atom. The number of aromatic nitrogens is 3. The third-order valence-electron chi connectivity index (χ3n) is 3.44. The number of nitrogens with zero attached hydrogens (tertiary/aromatic N) is 5. The van der Waals surface area contributed by atoms with Gasteiger partial charge in [-0.3, -0.25) is 0 Å². The van der Waals surface area contributed by atoms with Crippen LogP contribution in [0, 0.1) is 5.92 Å². The highest BCUT2D eigenvalue weighted by molar-refractivity contribution is 5.44. The molecule has 1 aromatic heterocycles. The first-order chi connectivity index (χ1) is 9.36. The molecular formula is C14H28N6. The van der Waals surface area contributed by atoms with Crippen LogP contribution in [0.4, 0.5) is 17.8 Å². The van der Waals surface area contributed by atoms with E-state index in [2.05, 4.69) is 52.9 Å². The molecule has 6 nitrogen and oxygen atoms in total.